The fraction of sp³-hybridized carbons (Fsp3) is 0.476. The molecule has 28 heavy (non-hydrogen) atoms. The second kappa shape index (κ2) is 7.74. The zero-order valence-electron chi connectivity index (χ0n) is 16.4. The van der Waals surface area contributed by atoms with Crippen LogP contribution in [0.4, 0.5) is 11.6 Å². The zero-order valence-corrected chi connectivity index (χ0v) is 16.4. The van der Waals surface area contributed by atoms with E-state index in [0.29, 0.717) is 24.5 Å². The van der Waals surface area contributed by atoms with Crippen molar-refractivity contribution >= 4 is 11.6 Å². The summed E-state index contributed by atoms with van der Waals surface area (Å²) >= 11 is 0. The molecular weight excluding hydrogens is 352 g/mol. The molecule has 2 aliphatic rings. The van der Waals surface area contributed by atoms with Crippen LogP contribution in [0.3, 0.4) is 0 Å². The van der Waals surface area contributed by atoms with Gasteiger partial charge in [0.25, 0.3) is 0 Å². The van der Waals surface area contributed by atoms with E-state index < -0.39 is 6.10 Å². The highest BCUT2D eigenvalue weighted by Crippen LogP contribution is 2.28. The van der Waals surface area contributed by atoms with Crippen LogP contribution in [0.15, 0.2) is 30.5 Å². The molecule has 0 aromatic carbocycles. The lowest BCUT2D eigenvalue weighted by atomic mass is 10.1. The summed E-state index contributed by atoms with van der Waals surface area (Å²) < 4.78 is 0. The summed E-state index contributed by atoms with van der Waals surface area (Å²) in [6.07, 6.45) is 1.37. The van der Waals surface area contributed by atoms with Crippen molar-refractivity contribution in [2.45, 2.75) is 26.0 Å². The van der Waals surface area contributed by atoms with Gasteiger partial charge in [0.05, 0.1) is 17.7 Å². The Labute approximate surface area is 165 Å². The summed E-state index contributed by atoms with van der Waals surface area (Å²) in [6.45, 7) is 8.65. The van der Waals surface area contributed by atoms with E-state index in [-0.39, 0.29) is 6.04 Å². The first kappa shape index (κ1) is 18.7. The number of nitrogens with zero attached hydrogens (tertiary/aromatic N) is 6. The van der Waals surface area contributed by atoms with Gasteiger partial charge in [-0.3, -0.25) is 4.90 Å². The van der Waals surface area contributed by atoms with Gasteiger partial charge >= 0.3 is 0 Å². The Hall–Kier alpha value is -2.69. The van der Waals surface area contributed by atoms with Gasteiger partial charge in [-0.2, -0.15) is 5.26 Å². The number of aliphatic hydroxyl groups is 1. The normalized spacial score (nSPS) is 23.1. The van der Waals surface area contributed by atoms with Gasteiger partial charge in [-0.05, 0) is 37.6 Å². The summed E-state index contributed by atoms with van der Waals surface area (Å²) in [5, 5.41) is 20.3. The molecule has 2 fully saturated rings. The number of pyridine rings is 2. The van der Waals surface area contributed by atoms with Gasteiger partial charge < -0.3 is 14.9 Å². The van der Waals surface area contributed by atoms with Gasteiger partial charge in [-0.15, -0.1) is 0 Å². The van der Waals surface area contributed by atoms with Crippen LogP contribution in [0.5, 0.6) is 0 Å². The molecule has 0 radical (unpaired) electrons. The molecule has 0 saturated carbocycles. The molecule has 2 aromatic rings. The van der Waals surface area contributed by atoms with E-state index in [1.165, 1.54) is 0 Å². The van der Waals surface area contributed by atoms with Crippen molar-refractivity contribution < 1.29 is 5.11 Å². The summed E-state index contributed by atoms with van der Waals surface area (Å²) in [5.41, 5.74) is 2.44. The third-order valence-electron chi connectivity index (χ3n) is 5.75. The number of anilines is 2. The number of hydrogen-bond acceptors (Lipinski definition) is 7. The molecule has 2 aromatic heterocycles. The number of rotatable bonds is 3. The minimum Gasteiger partial charge on any atom is -0.390 e. The highest BCUT2D eigenvalue weighted by molar-refractivity contribution is 5.59. The summed E-state index contributed by atoms with van der Waals surface area (Å²) in [4.78, 5) is 15.8. The first-order chi connectivity index (χ1) is 13.6. The van der Waals surface area contributed by atoms with Crippen molar-refractivity contribution in [3.05, 3.63) is 47.3 Å². The Morgan fingerprint density at radius 1 is 1.11 bits per heavy atom. The smallest absolute Gasteiger partial charge is 0.147 e. The average molecular weight is 378 g/mol. The minimum absolute atomic E-state index is 0.0556. The number of hydrogen-bond donors (Lipinski definition) is 1. The van der Waals surface area contributed by atoms with E-state index in [9.17, 15) is 10.4 Å². The van der Waals surface area contributed by atoms with Crippen molar-refractivity contribution in [1.29, 1.82) is 5.26 Å². The van der Waals surface area contributed by atoms with Crippen LogP contribution in [0.25, 0.3) is 0 Å². The molecule has 4 rings (SSSR count). The lowest BCUT2D eigenvalue weighted by Crippen LogP contribution is -2.54. The van der Waals surface area contributed by atoms with Crippen LogP contribution in [-0.2, 0) is 0 Å². The van der Waals surface area contributed by atoms with Gasteiger partial charge in [-0.25, -0.2) is 9.97 Å². The molecule has 0 unspecified atom stereocenters. The maximum Gasteiger partial charge on any atom is 0.147 e. The molecule has 0 bridgehead atoms. The van der Waals surface area contributed by atoms with Crippen LogP contribution in [0, 0.1) is 25.2 Å². The fourth-order valence-electron chi connectivity index (χ4n) is 4.31. The van der Waals surface area contributed by atoms with Crippen molar-refractivity contribution in [3.8, 4) is 6.07 Å². The fourth-order valence-corrected chi connectivity index (χ4v) is 4.31. The van der Waals surface area contributed by atoms with E-state index in [0.717, 1.165) is 43.3 Å². The van der Waals surface area contributed by atoms with E-state index in [1.54, 1.807) is 0 Å². The van der Waals surface area contributed by atoms with Gasteiger partial charge in [0.15, 0.2) is 0 Å². The molecule has 4 heterocycles. The van der Waals surface area contributed by atoms with Crippen molar-refractivity contribution in [3.63, 3.8) is 0 Å². The summed E-state index contributed by atoms with van der Waals surface area (Å²) in [6, 6.07) is 10.3. The molecule has 2 atom stereocenters. The first-order valence-corrected chi connectivity index (χ1v) is 9.78. The molecule has 7 heteroatoms. The Morgan fingerprint density at radius 3 is 2.57 bits per heavy atom. The monoisotopic (exact) mass is 378 g/mol. The van der Waals surface area contributed by atoms with Gasteiger partial charge in [0, 0.05) is 51.2 Å². The van der Waals surface area contributed by atoms with Crippen molar-refractivity contribution in [1.82, 2.24) is 14.9 Å². The SMILES string of the molecule is Cc1cc(C)c(C#N)c(N2C[C@H](O)[C@@H](N3CCN(c4ccccn4)CC3)C2)n1. The van der Waals surface area contributed by atoms with Crippen LogP contribution in [0.2, 0.25) is 0 Å². The lowest BCUT2D eigenvalue weighted by Gasteiger charge is -2.39. The molecule has 7 nitrogen and oxygen atoms in total. The topological polar surface area (TPSA) is 79.5 Å². The Morgan fingerprint density at radius 2 is 1.89 bits per heavy atom. The molecule has 0 spiro atoms. The largest absolute Gasteiger partial charge is 0.390 e. The molecule has 2 aliphatic heterocycles. The number of β-amino-alcohol motifs (C(OH)–C–C–N with tert-alkyl or cyclic N) is 1. The summed E-state index contributed by atoms with van der Waals surface area (Å²) in [5.74, 6) is 1.71. The second-order valence-corrected chi connectivity index (χ2v) is 7.64. The highest BCUT2D eigenvalue weighted by atomic mass is 16.3. The molecule has 146 valence electrons. The lowest BCUT2D eigenvalue weighted by molar-refractivity contribution is 0.0792. The number of aliphatic hydroxyl groups excluding tert-OH is 1. The predicted octanol–water partition coefficient (Wildman–Crippen LogP) is 1.34. The third-order valence-corrected chi connectivity index (χ3v) is 5.75. The highest BCUT2D eigenvalue weighted by Gasteiger charge is 2.38. The van der Waals surface area contributed by atoms with Crippen LogP contribution >= 0.6 is 0 Å². The van der Waals surface area contributed by atoms with Crippen LogP contribution < -0.4 is 9.80 Å². The van der Waals surface area contributed by atoms with Gasteiger partial charge in [0.1, 0.15) is 17.7 Å². The van der Waals surface area contributed by atoms with Crippen LogP contribution in [-0.4, -0.2) is 71.4 Å². The van der Waals surface area contributed by atoms with Crippen molar-refractivity contribution in [2.24, 2.45) is 0 Å². The number of aromatic nitrogens is 2. The maximum absolute atomic E-state index is 10.7. The average Bonchev–Trinajstić information content (AvgIpc) is 3.10. The Kier molecular flexibility index (Phi) is 5.16. The molecule has 0 amide bonds. The van der Waals surface area contributed by atoms with Gasteiger partial charge in [-0.1, -0.05) is 6.07 Å². The Bertz CT molecular complexity index is 872. The molecule has 2 saturated heterocycles. The third kappa shape index (κ3) is 3.53. The predicted molar refractivity (Wildman–Crippen MR) is 108 cm³/mol. The Balaban J connectivity index is 1.45. The molecule has 0 aliphatic carbocycles. The van der Waals surface area contributed by atoms with E-state index in [1.807, 2.05) is 44.3 Å². The molecule has 1 N–H and O–H groups in total. The van der Waals surface area contributed by atoms with Gasteiger partial charge in [0.2, 0.25) is 0 Å². The van der Waals surface area contributed by atoms with E-state index >= 15 is 0 Å². The maximum atomic E-state index is 10.7. The van der Waals surface area contributed by atoms with Crippen LogP contribution in [0.1, 0.15) is 16.8 Å². The van der Waals surface area contributed by atoms with Crippen molar-refractivity contribution in [2.75, 3.05) is 49.1 Å². The molecular formula is C21H26N6O. The van der Waals surface area contributed by atoms with E-state index in [4.69, 9.17) is 0 Å². The number of aryl methyl sites for hydroxylation is 2. The number of piperazine rings is 1. The zero-order chi connectivity index (χ0) is 19.7. The number of nitriles is 1. The first-order valence-electron chi connectivity index (χ1n) is 9.78. The minimum atomic E-state index is -0.449. The second-order valence-electron chi connectivity index (χ2n) is 7.64. The standard InChI is InChI=1S/C21H26N6O/c1-15-11-16(2)24-21(17(15)12-22)27-13-18(19(28)14-27)25-7-9-26(10-8-25)20-5-3-4-6-23-20/h3-6,11,18-19,28H,7-10,13-14H2,1-2H3/t18-,19-/m0/s1. The quantitative estimate of drug-likeness (QED) is 0.863. The summed E-state index contributed by atoms with van der Waals surface area (Å²) in [7, 11) is 0. The van der Waals surface area contributed by atoms with E-state index in [2.05, 4.69) is 30.7 Å².